The SMILES string of the molecule is O=C(Cc1ccc(OC(F)F)cc1)Nc1cccc(Br)c1. The molecule has 0 aliphatic heterocycles. The molecule has 1 N–H and O–H groups in total. The lowest BCUT2D eigenvalue weighted by atomic mass is 10.1. The summed E-state index contributed by atoms with van der Waals surface area (Å²) >= 11 is 3.32. The Labute approximate surface area is 129 Å². The van der Waals surface area contributed by atoms with Gasteiger partial charge in [-0.15, -0.1) is 0 Å². The first-order valence-electron chi connectivity index (χ1n) is 6.12. The molecule has 2 aromatic rings. The van der Waals surface area contributed by atoms with E-state index in [0.717, 1.165) is 4.47 Å². The van der Waals surface area contributed by atoms with Gasteiger partial charge in [0.2, 0.25) is 5.91 Å². The van der Waals surface area contributed by atoms with Gasteiger partial charge < -0.3 is 10.1 Å². The van der Waals surface area contributed by atoms with Crippen LogP contribution in [0.3, 0.4) is 0 Å². The average molecular weight is 356 g/mol. The molecule has 3 nitrogen and oxygen atoms in total. The molecule has 0 unspecified atom stereocenters. The highest BCUT2D eigenvalue weighted by Crippen LogP contribution is 2.17. The highest BCUT2D eigenvalue weighted by atomic mass is 79.9. The molecule has 110 valence electrons. The molecule has 0 spiro atoms. The summed E-state index contributed by atoms with van der Waals surface area (Å²) in [7, 11) is 0. The van der Waals surface area contributed by atoms with E-state index in [9.17, 15) is 13.6 Å². The van der Waals surface area contributed by atoms with E-state index >= 15 is 0 Å². The molecule has 6 heteroatoms. The van der Waals surface area contributed by atoms with Crippen LogP contribution in [0.4, 0.5) is 14.5 Å². The maximum absolute atomic E-state index is 12.0. The summed E-state index contributed by atoms with van der Waals surface area (Å²) < 4.78 is 29.1. The monoisotopic (exact) mass is 355 g/mol. The summed E-state index contributed by atoms with van der Waals surface area (Å²) in [6.45, 7) is -2.85. The molecule has 21 heavy (non-hydrogen) atoms. The quantitative estimate of drug-likeness (QED) is 0.871. The molecule has 0 radical (unpaired) electrons. The van der Waals surface area contributed by atoms with Crippen LogP contribution in [0.15, 0.2) is 53.0 Å². The van der Waals surface area contributed by atoms with Gasteiger partial charge in [-0.1, -0.05) is 34.1 Å². The van der Waals surface area contributed by atoms with Crippen LogP contribution in [0.25, 0.3) is 0 Å². The summed E-state index contributed by atoms with van der Waals surface area (Å²) in [6.07, 6.45) is 0.154. The molecular formula is C15H12BrF2NO2. The van der Waals surface area contributed by atoms with Crippen LogP contribution in [-0.2, 0) is 11.2 Å². The highest BCUT2D eigenvalue weighted by molar-refractivity contribution is 9.10. The van der Waals surface area contributed by atoms with Crippen molar-refractivity contribution in [3.63, 3.8) is 0 Å². The fourth-order valence-electron chi connectivity index (χ4n) is 1.75. The molecule has 2 rings (SSSR count). The Balaban J connectivity index is 1.93. The average Bonchev–Trinajstić information content (AvgIpc) is 2.40. The molecule has 0 aliphatic carbocycles. The fourth-order valence-corrected chi connectivity index (χ4v) is 2.14. The van der Waals surface area contributed by atoms with Crippen molar-refractivity contribution in [1.82, 2.24) is 0 Å². The first-order valence-corrected chi connectivity index (χ1v) is 6.91. The van der Waals surface area contributed by atoms with E-state index in [4.69, 9.17) is 0 Å². The number of carbonyl (C=O) groups excluding carboxylic acids is 1. The smallest absolute Gasteiger partial charge is 0.387 e. The Kier molecular flexibility index (Phi) is 5.27. The predicted octanol–water partition coefficient (Wildman–Crippen LogP) is 4.23. The van der Waals surface area contributed by atoms with Gasteiger partial charge in [0.1, 0.15) is 5.75 Å². The van der Waals surface area contributed by atoms with Crippen molar-refractivity contribution in [2.45, 2.75) is 13.0 Å². The van der Waals surface area contributed by atoms with Crippen molar-refractivity contribution in [1.29, 1.82) is 0 Å². The second-order valence-electron chi connectivity index (χ2n) is 4.26. The number of anilines is 1. The molecule has 0 saturated carbocycles. The van der Waals surface area contributed by atoms with Crippen molar-refractivity contribution >= 4 is 27.5 Å². The Morgan fingerprint density at radius 1 is 1.19 bits per heavy atom. The van der Waals surface area contributed by atoms with Crippen molar-refractivity contribution in [3.05, 3.63) is 58.6 Å². The zero-order valence-electron chi connectivity index (χ0n) is 10.9. The summed E-state index contributed by atoms with van der Waals surface area (Å²) in [5.74, 6) is -0.114. The number of alkyl halides is 2. The molecule has 0 saturated heterocycles. The van der Waals surface area contributed by atoms with E-state index in [1.165, 1.54) is 12.1 Å². The van der Waals surface area contributed by atoms with E-state index in [0.29, 0.717) is 11.3 Å². The van der Waals surface area contributed by atoms with Crippen LogP contribution in [0.5, 0.6) is 5.75 Å². The number of rotatable bonds is 5. The second kappa shape index (κ2) is 7.17. The molecule has 0 aliphatic rings. The molecular weight excluding hydrogens is 344 g/mol. The van der Waals surface area contributed by atoms with Crippen LogP contribution >= 0.6 is 15.9 Å². The van der Waals surface area contributed by atoms with E-state index in [1.807, 2.05) is 12.1 Å². The number of benzene rings is 2. The van der Waals surface area contributed by atoms with E-state index in [2.05, 4.69) is 26.0 Å². The van der Waals surface area contributed by atoms with Crippen LogP contribution in [0, 0.1) is 0 Å². The van der Waals surface area contributed by atoms with E-state index < -0.39 is 6.61 Å². The summed E-state index contributed by atoms with van der Waals surface area (Å²) in [6, 6.07) is 13.2. The summed E-state index contributed by atoms with van der Waals surface area (Å²) in [5.41, 5.74) is 1.40. The minimum Gasteiger partial charge on any atom is -0.435 e. The summed E-state index contributed by atoms with van der Waals surface area (Å²) in [5, 5.41) is 2.76. The minimum atomic E-state index is -2.85. The van der Waals surface area contributed by atoms with Crippen molar-refractivity contribution in [2.24, 2.45) is 0 Å². The number of hydrogen-bond acceptors (Lipinski definition) is 2. The third kappa shape index (κ3) is 5.15. The van der Waals surface area contributed by atoms with Crippen molar-refractivity contribution in [2.75, 3.05) is 5.32 Å². The second-order valence-corrected chi connectivity index (χ2v) is 5.17. The third-order valence-electron chi connectivity index (χ3n) is 2.62. The Bertz CT molecular complexity index is 617. The van der Waals surface area contributed by atoms with Crippen molar-refractivity contribution in [3.8, 4) is 5.75 Å². The minimum absolute atomic E-state index is 0.0705. The van der Waals surface area contributed by atoms with Gasteiger partial charge in [-0.3, -0.25) is 4.79 Å². The number of nitrogens with one attached hydrogen (secondary N) is 1. The first kappa shape index (κ1) is 15.4. The Hall–Kier alpha value is -1.95. The number of halogens is 3. The van der Waals surface area contributed by atoms with Crippen LogP contribution < -0.4 is 10.1 Å². The Morgan fingerprint density at radius 2 is 1.90 bits per heavy atom. The number of hydrogen-bond donors (Lipinski definition) is 1. The van der Waals surface area contributed by atoms with Gasteiger partial charge in [-0.2, -0.15) is 8.78 Å². The van der Waals surface area contributed by atoms with Gasteiger partial charge in [0.25, 0.3) is 0 Å². The lowest BCUT2D eigenvalue weighted by Gasteiger charge is -2.07. The number of ether oxygens (including phenoxy) is 1. The molecule has 2 aromatic carbocycles. The zero-order valence-corrected chi connectivity index (χ0v) is 12.4. The predicted molar refractivity (Wildman–Crippen MR) is 79.5 cm³/mol. The molecule has 0 bridgehead atoms. The van der Waals surface area contributed by atoms with Gasteiger partial charge in [-0.25, -0.2) is 0 Å². The zero-order chi connectivity index (χ0) is 15.2. The maximum Gasteiger partial charge on any atom is 0.387 e. The number of carbonyl (C=O) groups is 1. The van der Waals surface area contributed by atoms with Crippen LogP contribution in [-0.4, -0.2) is 12.5 Å². The van der Waals surface area contributed by atoms with Gasteiger partial charge in [0, 0.05) is 10.2 Å². The van der Waals surface area contributed by atoms with E-state index in [-0.39, 0.29) is 18.1 Å². The molecule has 0 atom stereocenters. The highest BCUT2D eigenvalue weighted by Gasteiger charge is 2.07. The van der Waals surface area contributed by atoms with Crippen molar-refractivity contribution < 1.29 is 18.3 Å². The normalized spacial score (nSPS) is 10.5. The van der Waals surface area contributed by atoms with Gasteiger partial charge in [0.05, 0.1) is 6.42 Å². The van der Waals surface area contributed by atoms with Gasteiger partial charge >= 0.3 is 6.61 Å². The lowest BCUT2D eigenvalue weighted by Crippen LogP contribution is -2.14. The third-order valence-corrected chi connectivity index (χ3v) is 3.11. The van der Waals surface area contributed by atoms with Gasteiger partial charge in [-0.05, 0) is 35.9 Å². The maximum atomic E-state index is 12.0. The summed E-state index contributed by atoms with van der Waals surface area (Å²) in [4.78, 5) is 11.9. The topological polar surface area (TPSA) is 38.3 Å². The lowest BCUT2D eigenvalue weighted by molar-refractivity contribution is -0.115. The number of amides is 1. The molecule has 1 amide bonds. The fraction of sp³-hybridized carbons (Fsp3) is 0.133. The molecule has 0 fully saturated rings. The largest absolute Gasteiger partial charge is 0.435 e. The first-order chi connectivity index (χ1) is 10.0. The Morgan fingerprint density at radius 3 is 2.52 bits per heavy atom. The van der Waals surface area contributed by atoms with Gasteiger partial charge in [0.15, 0.2) is 0 Å². The van der Waals surface area contributed by atoms with Crippen LogP contribution in [0.1, 0.15) is 5.56 Å². The van der Waals surface area contributed by atoms with E-state index in [1.54, 1.807) is 24.3 Å². The van der Waals surface area contributed by atoms with Crippen LogP contribution in [0.2, 0.25) is 0 Å². The molecule has 0 heterocycles. The molecule has 0 aromatic heterocycles. The standard InChI is InChI=1S/C15H12BrF2NO2/c16-11-2-1-3-12(9-11)19-14(20)8-10-4-6-13(7-5-10)21-15(17)18/h1-7,9,15H,8H2,(H,19,20).